The number of amides is 1. The Hall–Kier alpha value is -2.93. The molecule has 5 heterocycles. The van der Waals surface area contributed by atoms with E-state index in [2.05, 4.69) is 65.4 Å². The first-order chi connectivity index (χ1) is 16.6. The summed E-state index contributed by atoms with van der Waals surface area (Å²) in [6.07, 6.45) is 9.36. The van der Waals surface area contributed by atoms with Crippen LogP contribution in [0.3, 0.4) is 0 Å². The summed E-state index contributed by atoms with van der Waals surface area (Å²) in [6.45, 7) is 10.2. The van der Waals surface area contributed by atoms with Crippen molar-refractivity contribution in [3.05, 3.63) is 48.4 Å². The fourth-order valence-electron chi connectivity index (χ4n) is 5.51. The Morgan fingerprint density at radius 1 is 1.03 bits per heavy atom. The Morgan fingerprint density at radius 3 is 2.53 bits per heavy atom. The maximum Gasteiger partial charge on any atom is 0.225 e. The SMILES string of the molecule is CC(C)N1CCC(c2ccc(-c3cc4c(N5CCN(C(=O)C6CC6)CC5)ccnn4c3)nc2)C1. The van der Waals surface area contributed by atoms with Gasteiger partial charge >= 0.3 is 0 Å². The third kappa shape index (κ3) is 4.06. The molecular weight excluding hydrogens is 424 g/mol. The van der Waals surface area contributed by atoms with Gasteiger partial charge in [0.2, 0.25) is 5.91 Å². The molecule has 34 heavy (non-hydrogen) atoms. The molecule has 3 aromatic heterocycles. The lowest BCUT2D eigenvalue weighted by Crippen LogP contribution is -2.49. The maximum absolute atomic E-state index is 12.4. The minimum atomic E-state index is 0.300. The Bertz CT molecular complexity index is 1170. The number of aromatic nitrogens is 3. The summed E-state index contributed by atoms with van der Waals surface area (Å²) in [5.41, 5.74) is 5.68. The van der Waals surface area contributed by atoms with Crippen LogP contribution in [-0.2, 0) is 4.79 Å². The van der Waals surface area contributed by atoms with E-state index in [1.807, 2.05) is 15.6 Å². The average molecular weight is 459 g/mol. The molecule has 3 aromatic rings. The van der Waals surface area contributed by atoms with Gasteiger partial charge in [0.25, 0.3) is 0 Å². The van der Waals surface area contributed by atoms with Gasteiger partial charge in [-0.05, 0) is 69.3 Å². The summed E-state index contributed by atoms with van der Waals surface area (Å²) in [5.74, 6) is 1.23. The number of rotatable bonds is 5. The molecule has 178 valence electrons. The predicted molar refractivity (Wildman–Crippen MR) is 134 cm³/mol. The second-order valence-corrected chi connectivity index (χ2v) is 10.4. The standard InChI is InChI=1S/C27H34N6O/c1-19(2)32-10-8-22(17-32)21-5-6-24(28-16-21)23-15-26-25(7-9-29-33(26)18-23)30-11-13-31(14-12-30)27(34)20-3-4-20/h5-7,9,15-16,18-20,22H,3-4,8,10-14,17H2,1-2H3. The zero-order valence-electron chi connectivity index (χ0n) is 20.2. The first-order valence-electron chi connectivity index (χ1n) is 12.8. The summed E-state index contributed by atoms with van der Waals surface area (Å²) < 4.78 is 1.96. The van der Waals surface area contributed by atoms with Crippen LogP contribution in [0.1, 0.15) is 44.6 Å². The number of likely N-dealkylation sites (tertiary alicyclic amines) is 1. The van der Waals surface area contributed by atoms with E-state index in [0.29, 0.717) is 23.8 Å². The summed E-state index contributed by atoms with van der Waals surface area (Å²) in [4.78, 5) is 24.2. The van der Waals surface area contributed by atoms with Crippen LogP contribution in [0.2, 0.25) is 0 Å². The molecule has 0 bridgehead atoms. The zero-order valence-corrected chi connectivity index (χ0v) is 20.2. The minimum Gasteiger partial charge on any atom is -0.366 e. The Kier molecular flexibility index (Phi) is 5.52. The van der Waals surface area contributed by atoms with Crippen molar-refractivity contribution < 1.29 is 4.79 Å². The molecule has 3 aliphatic rings. The van der Waals surface area contributed by atoms with Crippen LogP contribution >= 0.6 is 0 Å². The van der Waals surface area contributed by atoms with E-state index in [1.54, 1.807) is 0 Å². The lowest BCUT2D eigenvalue weighted by Gasteiger charge is -2.36. The van der Waals surface area contributed by atoms with Crippen LogP contribution in [0.15, 0.2) is 42.9 Å². The van der Waals surface area contributed by atoms with E-state index in [0.717, 1.165) is 62.3 Å². The molecule has 6 rings (SSSR count). The number of nitrogens with zero attached hydrogens (tertiary/aromatic N) is 6. The highest BCUT2D eigenvalue weighted by atomic mass is 16.2. The lowest BCUT2D eigenvalue weighted by atomic mass is 9.99. The van der Waals surface area contributed by atoms with Crippen molar-refractivity contribution in [2.75, 3.05) is 44.2 Å². The molecule has 2 saturated heterocycles. The summed E-state index contributed by atoms with van der Waals surface area (Å²) in [5, 5.41) is 4.56. The zero-order chi connectivity index (χ0) is 23.2. The number of hydrogen-bond donors (Lipinski definition) is 0. The van der Waals surface area contributed by atoms with Gasteiger partial charge in [-0.25, -0.2) is 4.52 Å². The van der Waals surface area contributed by atoms with Crippen molar-refractivity contribution in [3.8, 4) is 11.3 Å². The Balaban J connectivity index is 1.19. The van der Waals surface area contributed by atoms with Gasteiger partial charge in [-0.3, -0.25) is 9.78 Å². The minimum absolute atomic E-state index is 0.300. The topological polar surface area (TPSA) is 57.0 Å². The first-order valence-corrected chi connectivity index (χ1v) is 12.8. The number of fused-ring (bicyclic) bond motifs is 1. The van der Waals surface area contributed by atoms with Gasteiger partial charge in [-0.2, -0.15) is 5.10 Å². The molecule has 0 aromatic carbocycles. The van der Waals surface area contributed by atoms with Crippen molar-refractivity contribution >= 4 is 17.1 Å². The number of piperazine rings is 1. The van der Waals surface area contributed by atoms with Crippen LogP contribution in [0.25, 0.3) is 16.8 Å². The van der Waals surface area contributed by atoms with Crippen LogP contribution in [0.5, 0.6) is 0 Å². The molecule has 1 aliphatic carbocycles. The second-order valence-electron chi connectivity index (χ2n) is 10.4. The molecule has 0 N–H and O–H groups in total. The third-order valence-corrected chi connectivity index (χ3v) is 7.85. The van der Waals surface area contributed by atoms with E-state index in [1.165, 1.54) is 24.2 Å². The van der Waals surface area contributed by atoms with Crippen molar-refractivity contribution in [2.45, 2.75) is 45.1 Å². The van der Waals surface area contributed by atoms with Gasteiger partial charge < -0.3 is 14.7 Å². The number of pyridine rings is 1. The van der Waals surface area contributed by atoms with Gasteiger partial charge in [0.05, 0.1) is 16.9 Å². The molecule has 7 heteroatoms. The highest BCUT2D eigenvalue weighted by Crippen LogP contribution is 2.33. The van der Waals surface area contributed by atoms with Crippen molar-refractivity contribution in [1.29, 1.82) is 0 Å². The average Bonchev–Trinajstić information content (AvgIpc) is 3.42. The molecular formula is C27H34N6O. The molecule has 1 amide bonds. The van der Waals surface area contributed by atoms with Gasteiger partial charge in [0.1, 0.15) is 0 Å². The quantitative estimate of drug-likeness (QED) is 0.584. The van der Waals surface area contributed by atoms with E-state index in [-0.39, 0.29) is 0 Å². The van der Waals surface area contributed by atoms with Crippen LogP contribution in [-0.4, -0.2) is 75.6 Å². The summed E-state index contributed by atoms with van der Waals surface area (Å²) in [6, 6.07) is 9.30. The van der Waals surface area contributed by atoms with E-state index >= 15 is 0 Å². The van der Waals surface area contributed by atoms with Crippen molar-refractivity contribution in [3.63, 3.8) is 0 Å². The van der Waals surface area contributed by atoms with Crippen LogP contribution in [0.4, 0.5) is 5.69 Å². The normalized spacial score (nSPS) is 21.7. The fraction of sp³-hybridized carbons (Fsp3) is 0.519. The summed E-state index contributed by atoms with van der Waals surface area (Å²) >= 11 is 0. The Morgan fingerprint density at radius 2 is 1.85 bits per heavy atom. The van der Waals surface area contributed by atoms with Gasteiger partial charge in [-0.1, -0.05) is 6.07 Å². The van der Waals surface area contributed by atoms with Gasteiger partial charge in [0, 0.05) is 68.8 Å². The third-order valence-electron chi connectivity index (χ3n) is 7.85. The highest BCUT2D eigenvalue weighted by Gasteiger charge is 2.34. The molecule has 0 radical (unpaired) electrons. The predicted octanol–water partition coefficient (Wildman–Crippen LogP) is 3.65. The van der Waals surface area contributed by atoms with E-state index < -0.39 is 0 Å². The first kappa shape index (κ1) is 21.6. The molecule has 7 nitrogen and oxygen atoms in total. The van der Waals surface area contributed by atoms with E-state index in [9.17, 15) is 4.79 Å². The van der Waals surface area contributed by atoms with Crippen LogP contribution in [0, 0.1) is 5.92 Å². The number of anilines is 1. The molecule has 3 fully saturated rings. The number of carbonyl (C=O) groups is 1. The van der Waals surface area contributed by atoms with Gasteiger partial charge in [0.15, 0.2) is 0 Å². The molecule has 1 unspecified atom stereocenters. The largest absolute Gasteiger partial charge is 0.366 e. The highest BCUT2D eigenvalue weighted by molar-refractivity contribution is 5.82. The lowest BCUT2D eigenvalue weighted by molar-refractivity contribution is -0.132. The van der Waals surface area contributed by atoms with E-state index in [4.69, 9.17) is 4.98 Å². The van der Waals surface area contributed by atoms with Crippen molar-refractivity contribution in [2.24, 2.45) is 5.92 Å². The van der Waals surface area contributed by atoms with Crippen molar-refractivity contribution in [1.82, 2.24) is 24.4 Å². The smallest absolute Gasteiger partial charge is 0.225 e. The summed E-state index contributed by atoms with van der Waals surface area (Å²) in [7, 11) is 0. The number of carbonyl (C=O) groups excluding carboxylic acids is 1. The Labute approximate surface area is 201 Å². The van der Waals surface area contributed by atoms with Crippen LogP contribution < -0.4 is 4.90 Å². The molecule has 2 aliphatic heterocycles. The molecule has 1 saturated carbocycles. The monoisotopic (exact) mass is 458 g/mol. The fourth-order valence-corrected chi connectivity index (χ4v) is 5.51. The maximum atomic E-state index is 12.4. The molecule has 0 spiro atoms. The second kappa shape index (κ2) is 8.69. The van der Waals surface area contributed by atoms with Gasteiger partial charge in [-0.15, -0.1) is 0 Å². The molecule has 1 atom stereocenters. The number of hydrogen-bond acceptors (Lipinski definition) is 5.